The highest BCUT2D eigenvalue weighted by atomic mass is 79.9. The van der Waals surface area contributed by atoms with Gasteiger partial charge in [0.15, 0.2) is 5.82 Å². The number of amides is 3. The topological polar surface area (TPSA) is 92.3 Å². The molecule has 0 fully saturated rings. The number of carbonyl (C=O) groups excluding carboxylic acids is 3. The fourth-order valence-corrected chi connectivity index (χ4v) is 3.99. The van der Waals surface area contributed by atoms with Crippen molar-refractivity contribution in [1.82, 2.24) is 14.3 Å². The van der Waals surface area contributed by atoms with Crippen molar-refractivity contribution in [3.63, 3.8) is 0 Å². The summed E-state index contributed by atoms with van der Waals surface area (Å²) in [4.78, 5) is 42.5. The molecule has 1 aliphatic rings. The molecule has 29 heavy (non-hydrogen) atoms. The van der Waals surface area contributed by atoms with E-state index < -0.39 is 0 Å². The fraction of sp³-hybridized carbons (Fsp3) is 0.150. The van der Waals surface area contributed by atoms with Crippen molar-refractivity contribution in [3.8, 4) is 11.4 Å². The van der Waals surface area contributed by atoms with Crippen LogP contribution in [0.1, 0.15) is 33.6 Å². The maximum atomic E-state index is 12.4. The summed E-state index contributed by atoms with van der Waals surface area (Å²) in [6.07, 6.45) is 0.528. The molecule has 0 saturated carbocycles. The Kier molecular flexibility index (Phi) is 5.50. The zero-order chi connectivity index (χ0) is 20.4. The van der Waals surface area contributed by atoms with E-state index in [0.29, 0.717) is 28.5 Å². The lowest BCUT2D eigenvalue weighted by atomic mass is 10.1. The van der Waals surface area contributed by atoms with E-state index in [2.05, 4.69) is 30.6 Å². The number of rotatable bonds is 6. The van der Waals surface area contributed by atoms with Gasteiger partial charge in [0.1, 0.15) is 0 Å². The molecule has 2 heterocycles. The van der Waals surface area contributed by atoms with Gasteiger partial charge in [-0.1, -0.05) is 46.3 Å². The summed E-state index contributed by atoms with van der Waals surface area (Å²) < 4.78 is 4.99. The minimum atomic E-state index is -0.330. The Morgan fingerprint density at radius 1 is 1.07 bits per heavy atom. The minimum absolute atomic E-state index is 0.164. The van der Waals surface area contributed by atoms with Gasteiger partial charge in [0.25, 0.3) is 11.8 Å². The van der Waals surface area contributed by atoms with E-state index in [4.69, 9.17) is 0 Å². The normalized spacial score (nSPS) is 12.9. The van der Waals surface area contributed by atoms with Crippen LogP contribution in [-0.4, -0.2) is 38.5 Å². The summed E-state index contributed by atoms with van der Waals surface area (Å²) in [5.74, 6) is -0.332. The Morgan fingerprint density at radius 3 is 2.62 bits per heavy atom. The van der Waals surface area contributed by atoms with E-state index in [0.717, 1.165) is 21.6 Å². The van der Waals surface area contributed by atoms with Crippen molar-refractivity contribution in [2.45, 2.75) is 12.8 Å². The Morgan fingerprint density at radius 2 is 1.83 bits per heavy atom. The fourth-order valence-electron chi connectivity index (χ4n) is 3.02. The molecule has 2 aromatic carbocycles. The molecule has 3 amide bonds. The predicted octanol–water partition coefficient (Wildman–Crippen LogP) is 3.98. The SMILES string of the molecule is O=C(CCCN1C(=O)c2ccc(Br)cc2C1=O)Nc1nc(-c2ccccc2)ns1. The van der Waals surface area contributed by atoms with Gasteiger partial charge >= 0.3 is 0 Å². The Balaban J connectivity index is 1.30. The quantitative estimate of drug-likeness (QED) is 0.549. The maximum Gasteiger partial charge on any atom is 0.261 e. The smallest absolute Gasteiger partial charge is 0.261 e. The molecule has 3 aromatic rings. The average Bonchev–Trinajstić information content (AvgIpc) is 3.27. The van der Waals surface area contributed by atoms with Gasteiger partial charge in [-0.25, -0.2) is 0 Å². The van der Waals surface area contributed by atoms with Crippen LogP contribution in [0.4, 0.5) is 5.13 Å². The lowest BCUT2D eigenvalue weighted by molar-refractivity contribution is -0.116. The first-order valence-electron chi connectivity index (χ1n) is 8.87. The van der Waals surface area contributed by atoms with Crippen LogP contribution in [0, 0.1) is 0 Å². The number of halogens is 1. The zero-order valence-electron chi connectivity index (χ0n) is 15.1. The highest BCUT2D eigenvalue weighted by Crippen LogP contribution is 2.26. The summed E-state index contributed by atoms with van der Waals surface area (Å²) in [6.45, 7) is 0.183. The molecule has 0 spiro atoms. The number of benzene rings is 2. The molecule has 4 rings (SSSR count). The van der Waals surface area contributed by atoms with E-state index in [1.807, 2.05) is 30.3 Å². The van der Waals surface area contributed by atoms with Crippen LogP contribution in [0.5, 0.6) is 0 Å². The average molecular weight is 471 g/mol. The number of nitrogens with one attached hydrogen (secondary N) is 1. The maximum absolute atomic E-state index is 12.4. The second-order valence-electron chi connectivity index (χ2n) is 6.39. The molecule has 0 radical (unpaired) electrons. The number of carbonyl (C=O) groups is 3. The number of hydrogen-bond acceptors (Lipinski definition) is 6. The van der Waals surface area contributed by atoms with Crippen molar-refractivity contribution < 1.29 is 14.4 Å². The van der Waals surface area contributed by atoms with Crippen LogP contribution in [0.25, 0.3) is 11.4 Å². The van der Waals surface area contributed by atoms with Crippen molar-refractivity contribution in [1.29, 1.82) is 0 Å². The van der Waals surface area contributed by atoms with Crippen LogP contribution in [-0.2, 0) is 4.79 Å². The van der Waals surface area contributed by atoms with E-state index in [1.165, 1.54) is 4.90 Å². The van der Waals surface area contributed by atoms with Crippen LogP contribution in [0.2, 0.25) is 0 Å². The monoisotopic (exact) mass is 470 g/mol. The molecule has 0 atom stereocenters. The number of aromatic nitrogens is 2. The highest BCUT2D eigenvalue weighted by molar-refractivity contribution is 9.10. The molecule has 146 valence electrons. The van der Waals surface area contributed by atoms with Gasteiger partial charge in [-0.2, -0.15) is 9.36 Å². The summed E-state index contributed by atoms with van der Waals surface area (Å²) >= 11 is 4.42. The van der Waals surface area contributed by atoms with E-state index in [1.54, 1.807) is 18.2 Å². The third-order valence-electron chi connectivity index (χ3n) is 4.42. The number of anilines is 1. The largest absolute Gasteiger partial charge is 0.301 e. The summed E-state index contributed by atoms with van der Waals surface area (Å²) in [6, 6.07) is 14.5. The van der Waals surface area contributed by atoms with Crippen LogP contribution in [0.15, 0.2) is 53.0 Å². The highest BCUT2D eigenvalue weighted by Gasteiger charge is 2.35. The summed E-state index contributed by atoms with van der Waals surface area (Å²) in [5.41, 5.74) is 1.66. The van der Waals surface area contributed by atoms with Crippen LogP contribution >= 0.6 is 27.5 Å². The van der Waals surface area contributed by atoms with Crippen molar-refractivity contribution in [2.24, 2.45) is 0 Å². The van der Waals surface area contributed by atoms with Crippen LogP contribution in [0.3, 0.4) is 0 Å². The molecule has 1 N–H and O–H groups in total. The molecule has 0 bridgehead atoms. The van der Waals surface area contributed by atoms with Crippen molar-refractivity contribution in [2.75, 3.05) is 11.9 Å². The number of hydrogen-bond donors (Lipinski definition) is 1. The first-order valence-corrected chi connectivity index (χ1v) is 10.4. The third kappa shape index (κ3) is 4.10. The van der Waals surface area contributed by atoms with Crippen molar-refractivity contribution >= 4 is 50.3 Å². The molecule has 1 aliphatic heterocycles. The summed E-state index contributed by atoms with van der Waals surface area (Å²) in [7, 11) is 0. The molecule has 7 nitrogen and oxygen atoms in total. The van der Waals surface area contributed by atoms with E-state index in [-0.39, 0.29) is 30.7 Å². The Hall–Kier alpha value is -2.91. The van der Waals surface area contributed by atoms with Crippen molar-refractivity contribution in [3.05, 3.63) is 64.1 Å². The Labute approximate surface area is 179 Å². The molecular formula is C20H15BrN4O3S. The number of fused-ring (bicyclic) bond motifs is 1. The first kappa shape index (κ1) is 19.4. The van der Waals surface area contributed by atoms with Gasteiger partial charge in [0, 0.05) is 34.5 Å². The summed E-state index contributed by atoms with van der Waals surface area (Å²) in [5, 5.41) is 3.13. The van der Waals surface area contributed by atoms with Gasteiger partial charge in [0.2, 0.25) is 11.0 Å². The molecule has 9 heteroatoms. The zero-order valence-corrected chi connectivity index (χ0v) is 17.5. The molecule has 0 unspecified atom stereocenters. The third-order valence-corrected chi connectivity index (χ3v) is 5.55. The minimum Gasteiger partial charge on any atom is -0.301 e. The number of imide groups is 1. The number of nitrogens with zero attached hydrogens (tertiary/aromatic N) is 3. The second kappa shape index (κ2) is 8.22. The van der Waals surface area contributed by atoms with Gasteiger partial charge in [-0.05, 0) is 24.6 Å². The molecule has 1 aromatic heterocycles. The van der Waals surface area contributed by atoms with Crippen LogP contribution < -0.4 is 5.32 Å². The molecule has 0 aliphatic carbocycles. The van der Waals surface area contributed by atoms with E-state index >= 15 is 0 Å². The lowest BCUT2D eigenvalue weighted by Gasteiger charge is -2.13. The van der Waals surface area contributed by atoms with Gasteiger partial charge < -0.3 is 5.32 Å². The van der Waals surface area contributed by atoms with Gasteiger partial charge in [-0.15, -0.1) is 0 Å². The van der Waals surface area contributed by atoms with Gasteiger partial charge in [0.05, 0.1) is 11.1 Å². The predicted molar refractivity (Wildman–Crippen MR) is 113 cm³/mol. The first-order chi connectivity index (χ1) is 14.0. The van der Waals surface area contributed by atoms with E-state index in [9.17, 15) is 14.4 Å². The molecule has 0 saturated heterocycles. The lowest BCUT2D eigenvalue weighted by Crippen LogP contribution is -2.31. The Bertz CT molecular complexity index is 1100. The molecular weight excluding hydrogens is 456 g/mol. The second-order valence-corrected chi connectivity index (χ2v) is 8.06. The van der Waals surface area contributed by atoms with Gasteiger partial charge in [-0.3, -0.25) is 19.3 Å². The standard InChI is InChI=1S/C20H15BrN4O3S/c21-13-8-9-14-15(11-13)19(28)25(18(14)27)10-4-7-16(26)22-20-23-17(24-29-20)12-5-2-1-3-6-12/h1-3,5-6,8-9,11H,4,7,10H2,(H,22,23,24,26).